The van der Waals surface area contributed by atoms with Gasteiger partial charge in [0, 0.05) is 46.4 Å². The monoisotopic (exact) mass is 1510 g/mol. The van der Waals surface area contributed by atoms with Crippen molar-refractivity contribution in [3.05, 3.63) is 119 Å². The van der Waals surface area contributed by atoms with E-state index in [2.05, 4.69) is 75.8 Å². The van der Waals surface area contributed by atoms with E-state index in [9.17, 15) is 54.3 Å². The van der Waals surface area contributed by atoms with E-state index >= 15 is 0 Å². The van der Waals surface area contributed by atoms with Crippen LogP contribution in [0.5, 0.6) is 23.0 Å². The summed E-state index contributed by atoms with van der Waals surface area (Å²) in [6, 6.07) is 28.4. The second kappa shape index (κ2) is 52.6. The summed E-state index contributed by atoms with van der Waals surface area (Å²) in [7, 11) is 0. The molecule has 4 rings (SSSR count). The molecule has 0 fully saturated rings. The molecular formula is C68H98O25S6. The number of carbonyl (C=O) groups excluding carboxylic acids is 6. The zero-order chi connectivity index (χ0) is 73.3. The van der Waals surface area contributed by atoms with Gasteiger partial charge in [0.1, 0.15) is 62.6 Å². The van der Waals surface area contributed by atoms with Crippen LogP contribution < -0.4 is 0 Å². The van der Waals surface area contributed by atoms with Crippen LogP contribution in [0.15, 0.2) is 97.1 Å². The van der Waals surface area contributed by atoms with Gasteiger partial charge < -0.3 is 93.0 Å². The maximum atomic E-state index is 12.3. The Kier molecular flexibility index (Phi) is 47.7. The largest absolute Gasteiger partial charge is 0.508 e. The van der Waals surface area contributed by atoms with E-state index in [1.54, 1.807) is 55.5 Å². The molecule has 0 heterocycles. The van der Waals surface area contributed by atoms with Crippen LogP contribution in [-0.2, 0) is 80.9 Å². The highest BCUT2D eigenvalue weighted by atomic mass is 32.1. The van der Waals surface area contributed by atoms with Gasteiger partial charge >= 0.3 is 35.8 Å². The summed E-state index contributed by atoms with van der Waals surface area (Å²) in [5.41, 5.74) is 0.493. The van der Waals surface area contributed by atoms with E-state index in [0.29, 0.717) is 0 Å². The van der Waals surface area contributed by atoms with Gasteiger partial charge in [-0.05, 0) is 77.7 Å². The first-order valence-corrected chi connectivity index (χ1v) is 35.5. The van der Waals surface area contributed by atoms with Crippen molar-refractivity contribution in [2.75, 3.05) is 160 Å². The molecule has 0 aromatic heterocycles. The molecule has 1 unspecified atom stereocenters. The van der Waals surface area contributed by atoms with Gasteiger partial charge in [-0.1, -0.05) is 48.5 Å². The zero-order valence-electron chi connectivity index (χ0n) is 55.6. The molecule has 0 aliphatic rings. The lowest BCUT2D eigenvalue weighted by Gasteiger charge is -2.35. The summed E-state index contributed by atoms with van der Waals surface area (Å²) in [5, 5.41) is 74.9. The highest BCUT2D eigenvalue weighted by Crippen LogP contribution is 2.44. The second-order valence-electron chi connectivity index (χ2n) is 22.8. The molecule has 0 saturated carbocycles. The van der Waals surface area contributed by atoms with Crippen molar-refractivity contribution in [1.29, 1.82) is 0 Å². The molecule has 31 heteroatoms. The predicted octanol–water partition coefficient (Wildman–Crippen LogP) is 6.02. The molecule has 0 aliphatic carbocycles. The van der Waals surface area contributed by atoms with Crippen molar-refractivity contribution in [2.24, 2.45) is 16.2 Å². The minimum absolute atomic E-state index is 0.0189. The number of aliphatic hydroxyl groups excluding tert-OH is 4. The average molecular weight is 1510 g/mol. The van der Waals surface area contributed by atoms with Crippen molar-refractivity contribution in [1.82, 2.24) is 0 Å². The lowest BCUT2D eigenvalue weighted by molar-refractivity contribution is -0.174. The van der Waals surface area contributed by atoms with Crippen molar-refractivity contribution >= 4 is 112 Å². The normalized spacial score (nSPS) is 11.8. The van der Waals surface area contributed by atoms with Crippen LogP contribution in [0.4, 0.5) is 0 Å². The third-order valence-corrected chi connectivity index (χ3v) is 15.3. The van der Waals surface area contributed by atoms with E-state index in [1.807, 2.05) is 48.5 Å². The molecule has 0 bridgehead atoms. The van der Waals surface area contributed by atoms with Gasteiger partial charge in [-0.3, -0.25) is 28.8 Å². The number of hydrogen-bond acceptors (Lipinski definition) is 31. The average Bonchev–Trinajstić information content (AvgIpc) is 0.784. The second-order valence-corrected chi connectivity index (χ2v) is 25.5. The van der Waals surface area contributed by atoms with E-state index in [-0.39, 0.29) is 233 Å². The minimum Gasteiger partial charge on any atom is -0.508 e. The Balaban J connectivity index is 0.000000545. The Morgan fingerprint density at radius 1 is 0.323 bits per heavy atom. The third-order valence-electron chi connectivity index (χ3n) is 14.0. The Morgan fingerprint density at radius 3 is 0.707 bits per heavy atom. The molecule has 0 amide bonds. The van der Waals surface area contributed by atoms with Crippen LogP contribution in [0, 0.1) is 16.2 Å². The van der Waals surface area contributed by atoms with Crippen molar-refractivity contribution in [3.8, 4) is 23.0 Å². The first kappa shape index (κ1) is 89.7. The molecule has 4 aromatic rings. The summed E-state index contributed by atoms with van der Waals surface area (Å²) < 4.78 is 60.3. The molecule has 0 saturated heterocycles. The van der Waals surface area contributed by atoms with E-state index < -0.39 is 58.2 Å². The fourth-order valence-corrected chi connectivity index (χ4v) is 10.1. The molecule has 8 N–H and O–H groups in total. The van der Waals surface area contributed by atoms with Crippen LogP contribution in [-0.4, -0.2) is 243 Å². The Morgan fingerprint density at radius 2 is 0.515 bits per heavy atom. The first-order chi connectivity index (χ1) is 47.5. The smallest absolute Gasteiger partial charge is 0.306 e. The third kappa shape index (κ3) is 37.9. The number of thiol groups is 6. The van der Waals surface area contributed by atoms with Crippen LogP contribution in [0.1, 0.15) is 79.5 Å². The van der Waals surface area contributed by atoms with Gasteiger partial charge in [-0.15, -0.1) is 0 Å². The maximum absolute atomic E-state index is 12.3. The quantitative estimate of drug-likeness (QED) is 0.0104. The van der Waals surface area contributed by atoms with Gasteiger partial charge in [0.05, 0.1) is 147 Å². The lowest BCUT2D eigenvalue weighted by atomic mass is 9.73. The topological polar surface area (TPSA) is 366 Å². The number of hydrogen-bond donors (Lipinski definition) is 14. The Labute approximate surface area is 611 Å². The van der Waals surface area contributed by atoms with Crippen LogP contribution in [0.3, 0.4) is 0 Å². The van der Waals surface area contributed by atoms with Gasteiger partial charge in [0.2, 0.25) is 0 Å². The van der Waals surface area contributed by atoms with E-state index in [4.69, 9.17) is 67.4 Å². The summed E-state index contributed by atoms with van der Waals surface area (Å²) in [5.74, 6) is -1.89. The molecule has 0 radical (unpaired) electrons. The summed E-state index contributed by atoms with van der Waals surface area (Å²) in [6.07, 6.45) is -0.703. The summed E-state index contributed by atoms with van der Waals surface area (Å²) in [6.45, 7) is -0.0867. The molecule has 4 aromatic carbocycles. The molecular weight excluding hydrogens is 1410 g/mol. The number of phenols is 4. The molecule has 99 heavy (non-hydrogen) atoms. The standard InChI is InChI=1S/C28H46O13S6.C26H22O4.C14H30O8/c29-21(1-7-42)36-15-27(16-37-22(30)2-8-43,17-38-23(31)3-9-44)13-35-14-28(18-39-24(32)4-10-45,19-40-25(33)5-11-46)20-41-26(34)6-12-47;27-21-9-1-17(2-10-21)25(18-3-11-22(28)12-4-18)26(19-5-13-23(29)14-6-19)20-7-15-24(30)16-8-20;1-13(18)8-22-12-14(9-19-5-2-15,10-20-6-3-16)11-21-7-4-17/h42-47H,1-20H2;1-16,25-30H;13,15-18H,2-12H2,1H3. The number of benzene rings is 4. The Bertz CT molecular complexity index is 2460. The number of carbonyl (C=O) groups is 6. The van der Waals surface area contributed by atoms with E-state index in [1.165, 1.54) is 0 Å². The highest BCUT2D eigenvalue weighted by molar-refractivity contribution is 7.81. The van der Waals surface area contributed by atoms with Gasteiger partial charge in [0.15, 0.2) is 0 Å². The fourth-order valence-electron chi connectivity index (χ4n) is 9.00. The fraction of sp³-hybridized carbons (Fsp3) is 0.559. The molecule has 0 spiro atoms. The number of aliphatic hydroxyl groups is 4. The van der Waals surface area contributed by atoms with Gasteiger partial charge in [-0.25, -0.2) is 0 Å². The molecule has 0 aliphatic heterocycles. The first-order valence-electron chi connectivity index (χ1n) is 31.7. The number of phenolic OH excluding ortho intramolecular Hbond substituents is 4. The van der Waals surface area contributed by atoms with Crippen molar-refractivity contribution in [3.63, 3.8) is 0 Å². The zero-order valence-corrected chi connectivity index (χ0v) is 61.0. The predicted molar refractivity (Wildman–Crippen MR) is 387 cm³/mol. The molecule has 25 nitrogen and oxygen atoms in total. The lowest BCUT2D eigenvalue weighted by Crippen LogP contribution is -2.47. The molecule has 1 atom stereocenters. The number of rotatable bonds is 49. The van der Waals surface area contributed by atoms with Crippen LogP contribution >= 0.6 is 75.8 Å². The van der Waals surface area contributed by atoms with E-state index in [0.717, 1.165) is 22.3 Å². The van der Waals surface area contributed by atoms with Crippen LogP contribution in [0.2, 0.25) is 0 Å². The van der Waals surface area contributed by atoms with Crippen molar-refractivity contribution in [2.45, 2.75) is 63.4 Å². The van der Waals surface area contributed by atoms with Gasteiger partial charge in [-0.2, -0.15) is 75.8 Å². The van der Waals surface area contributed by atoms with Crippen LogP contribution in [0.25, 0.3) is 0 Å². The van der Waals surface area contributed by atoms with Crippen molar-refractivity contribution < 1.29 is 122 Å². The van der Waals surface area contributed by atoms with Gasteiger partial charge in [0.25, 0.3) is 0 Å². The Hall–Kier alpha value is -5.36. The minimum atomic E-state index is -1.41. The highest BCUT2D eigenvalue weighted by Gasteiger charge is 2.41. The summed E-state index contributed by atoms with van der Waals surface area (Å²) >= 11 is 24.2. The summed E-state index contributed by atoms with van der Waals surface area (Å²) in [4.78, 5) is 73.8. The molecule has 556 valence electrons. The number of ether oxygens (including phenoxy) is 11. The number of esters is 6. The SMILES string of the molecule is CC(O)COCC(COCCO)(COCCO)COCCO.O=C(CCS)OCC(COCC(COC(=O)CCS)(COC(=O)CCS)COC(=O)CCS)(COC(=O)CCS)COC(=O)CCS.Oc1ccc(C(c2ccc(O)cc2)C(c2ccc(O)cc2)c2ccc(O)cc2)cc1. The number of aromatic hydroxyl groups is 4. The maximum Gasteiger partial charge on any atom is 0.306 e.